The summed E-state index contributed by atoms with van der Waals surface area (Å²) in [5, 5.41) is 2.82. The third kappa shape index (κ3) is 3.64. The minimum Gasteiger partial charge on any atom is -0.467 e. The number of rotatable bonds is 5. The summed E-state index contributed by atoms with van der Waals surface area (Å²) in [4.78, 5) is 25.9. The molecule has 2 aromatic rings. The normalized spacial score (nSPS) is 17.3. The van der Waals surface area contributed by atoms with E-state index >= 15 is 0 Å². The van der Waals surface area contributed by atoms with Gasteiger partial charge in [-0.3, -0.25) is 9.59 Å². The van der Waals surface area contributed by atoms with Crippen LogP contribution >= 0.6 is 0 Å². The molecule has 1 fully saturated rings. The molecule has 6 heteroatoms. The lowest BCUT2D eigenvalue weighted by molar-refractivity contribution is -0.129. The van der Waals surface area contributed by atoms with Gasteiger partial charge in [0.05, 0.1) is 18.7 Å². The molecule has 5 nitrogen and oxygen atoms in total. The average molecular weight is 330 g/mol. The van der Waals surface area contributed by atoms with Gasteiger partial charge in [0.2, 0.25) is 11.8 Å². The van der Waals surface area contributed by atoms with Gasteiger partial charge in [0.15, 0.2) is 0 Å². The first-order valence-electron chi connectivity index (χ1n) is 7.86. The zero-order valence-electron chi connectivity index (χ0n) is 13.4. The first kappa shape index (κ1) is 16.2. The summed E-state index contributed by atoms with van der Waals surface area (Å²) in [6.07, 6.45) is 1.76. The van der Waals surface area contributed by atoms with E-state index in [1.54, 1.807) is 42.4 Å². The van der Waals surface area contributed by atoms with Crippen LogP contribution in [-0.2, 0) is 22.7 Å². The molecule has 0 bridgehead atoms. The Bertz CT molecular complexity index is 743. The molecule has 3 rings (SSSR count). The van der Waals surface area contributed by atoms with E-state index in [-0.39, 0.29) is 30.0 Å². The number of nitrogens with one attached hydrogen (secondary N) is 1. The van der Waals surface area contributed by atoms with Crippen molar-refractivity contribution in [1.82, 2.24) is 10.2 Å². The Kier molecular flexibility index (Phi) is 4.64. The first-order chi connectivity index (χ1) is 11.5. The molecule has 1 aliphatic heterocycles. The number of carbonyl (C=O) groups is 2. The summed E-state index contributed by atoms with van der Waals surface area (Å²) in [5.74, 6) is -0.142. The Labute approximate surface area is 139 Å². The maximum absolute atomic E-state index is 13.2. The number of furan rings is 1. The third-order valence-corrected chi connectivity index (χ3v) is 4.20. The average Bonchev–Trinajstić information content (AvgIpc) is 3.19. The van der Waals surface area contributed by atoms with Crippen LogP contribution in [0.1, 0.15) is 23.3 Å². The van der Waals surface area contributed by atoms with Crippen molar-refractivity contribution in [2.75, 3.05) is 6.54 Å². The number of aryl methyl sites for hydroxylation is 1. The smallest absolute Gasteiger partial charge is 0.225 e. The van der Waals surface area contributed by atoms with Crippen LogP contribution in [-0.4, -0.2) is 23.3 Å². The maximum Gasteiger partial charge on any atom is 0.225 e. The van der Waals surface area contributed by atoms with E-state index in [2.05, 4.69) is 5.32 Å². The van der Waals surface area contributed by atoms with Crippen molar-refractivity contribution in [3.8, 4) is 0 Å². The van der Waals surface area contributed by atoms with Crippen LogP contribution in [0.2, 0.25) is 0 Å². The van der Waals surface area contributed by atoms with Gasteiger partial charge in [0, 0.05) is 19.5 Å². The second kappa shape index (κ2) is 6.86. The lowest BCUT2D eigenvalue weighted by Crippen LogP contribution is -2.32. The maximum atomic E-state index is 13.2. The number of amides is 2. The van der Waals surface area contributed by atoms with Gasteiger partial charge >= 0.3 is 0 Å². The summed E-state index contributed by atoms with van der Waals surface area (Å²) in [5.41, 5.74) is 1.38. The van der Waals surface area contributed by atoms with Gasteiger partial charge in [-0.2, -0.15) is 0 Å². The molecule has 1 aromatic heterocycles. The lowest BCUT2D eigenvalue weighted by atomic mass is 10.1. The number of hydrogen-bond donors (Lipinski definition) is 1. The van der Waals surface area contributed by atoms with E-state index in [1.807, 2.05) is 0 Å². The standard InChI is InChI=1S/C18H19FN2O3/c1-12-7-13(4-5-16(12)19)9-20-18(23)14-8-17(22)21(10-14)11-15-3-2-6-24-15/h2-7,14H,8-11H2,1H3,(H,20,23). The Morgan fingerprint density at radius 1 is 1.42 bits per heavy atom. The van der Waals surface area contributed by atoms with Gasteiger partial charge in [0.25, 0.3) is 0 Å². The van der Waals surface area contributed by atoms with Gasteiger partial charge in [-0.1, -0.05) is 12.1 Å². The van der Waals surface area contributed by atoms with Gasteiger partial charge in [-0.05, 0) is 36.2 Å². The Hall–Kier alpha value is -2.63. The first-order valence-corrected chi connectivity index (χ1v) is 7.86. The molecule has 0 radical (unpaired) electrons. The number of carbonyl (C=O) groups excluding carboxylic acids is 2. The van der Waals surface area contributed by atoms with Crippen LogP contribution in [0.25, 0.3) is 0 Å². The van der Waals surface area contributed by atoms with E-state index in [1.165, 1.54) is 6.07 Å². The number of halogens is 1. The van der Waals surface area contributed by atoms with Crippen LogP contribution in [0.3, 0.4) is 0 Å². The lowest BCUT2D eigenvalue weighted by Gasteiger charge is -2.15. The van der Waals surface area contributed by atoms with Gasteiger partial charge in [-0.15, -0.1) is 0 Å². The highest BCUT2D eigenvalue weighted by atomic mass is 19.1. The summed E-state index contributed by atoms with van der Waals surface area (Å²) in [6.45, 7) is 2.77. The molecule has 1 aromatic carbocycles. The highest BCUT2D eigenvalue weighted by Crippen LogP contribution is 2.20. The fourth-order valence-electron chi connectivity index (χ4n) is 2.84. The minimum atomic E-state index is -0.367. The molecule has 1 saturated heterocycles. The summed E-state index contributed by atoms with van der Waals surface area (Å²) in [6, 6.07) is 8.31. The molecule has 0 saturated carbocycles. The predicted molar refractivity (Wildman–Crippen MR) is 85.2 cm³/mol. The number of hydrogen-bond acceptors (Lipinski definition) is 3. The molecule has 24 heavy (non-hydrogen) atoms. The minimum absolute atomic E-state index is 0.0517. The van der Waals surface area contributed by atoms with E-state index in [0.717, 1.165) is 5.56 Å². The molecule has 2 heterocycles. The molecule has 1 N–H and O–H groups in total. The molecule has 0 spiro atoms. The van der Waals surface area contributed by atoms with Crippen LogP contribution < -0.4 is 5.32 Å². The van der Waals surface area contributed by atoms with Crippen molar-refractivity contribution in [2.45, 2.75) is 26.4 Å². The Balaban J connectivity index is 1.53. The molecule has 1 unspecified atom stereocenters. The number of likely N-dealkylation sites (tertiary alicyclic amines) is 1. The Morgan fingerprint density at radius 3 is 2.96 bits per heavy atom. The summed E-state index contributed by atoms with van der Waals surface area (Å²) in [7, 11) is 0. The molecular formula is C18H19FN2O3. The molecule has 2 amide bonds. The Morgan fingerprint density at radius 2 is 2.25 bits per heavy atom. The zero-order valence-corrected chi connectivity index (χ0v) is 13.4. The fraction of sp³-hybridized carbons (Fsp3) is 0.333. The van der Waals surface area contributed by atoms with Gasteiger partial charge in [0.1, 0.15) is 11.6 Å². The predicted octanol–water partition coefficient (Wildman–Crippen LogP) is 2.39. The monoisotopic (exact) mass is 330 g/mol. The van der Waals surface area contributed by atoms with Crippen molar-refractivity contribution in [3.05, 3.63) is 59.3 Å². The fourth-order valence-corrected chi connectivity index (χ4v) is 2.84. The number of benzene rings is 1. The molecule has 1 atom stereocenters. The molecular weight excluding hydrogens is 311 g/mol. The zero-order chi connectivity index (χ0) is 17.1. The summed E-state index contributed by atoms with van der Waals surface area (Å²) < 4.78 is 18.5. The second-order valence-electron chi connectivity index (χ2n) is 6.06. The van der Waals surface area contributed by atoms with Crippen molar-refractivity contribution in [1.29, 1.82) is 0 Å². The highest BCUT2D eigenvalue weighted by molar-refractivity contribution is 5.89. The van der Waals surface area contributed by atoms with Crippen molar-refractivity contribution in [2.24, 2.45) is 5.92 Å². The second-order valence-corrected chi connectivity index (χ2v) is 6.06. The quantitative estimate of drug-likeness (QED) is 0.916. The van der Waals surface area contributed by atoms with Crippen LogP contribution in [0, 0.1) is 18.7 Å². The van der Waals surface area contributed by atoms with E-state index in [4.69, 9.17) is 4.42 Å². The highest BCUT2D eigenvalue weighted by Gasteiger charge is 2.34. The van der Waals surface area contributed by atoms with Crippen molar-refractivity contribution < 1.29 is 18.4 Å². The van der Waals surface area contributed by atoms with Gasteiger partial charge in [-0.25, -0.2) is 4.39 Å². The van der Waals surface area contributed by atoms with Crippen molar-refractivity contribution >= 4 is 11.8 Å². The largest absolute Gasteiger partial charge is 0.467 e. The number of nitrogens with zero attached hydrogens (tertiary/aromatic N) is 1. The SMILES string of the molecule is Cc1cc(CNC(=O)C2CC(=O)N(Cc3ccco3)C2)ccc1F. The van der Waals surface area contributed by atoms with Crippen molar-refractivity contribution in [3.63, 3.8) is 0 Å². The van der Waals surface area contributed by atoms with E-state index in [0.29, 0.717) is 31.0 Å². The molecule has 0 aliphatic carbocycles. The van der Waals surface area contributed by atoms with E-state index < -0.39 is 0 Å². The topological polar surface area (TPSA) is 62.6 Å². The van der Waals surface area contributed by atoms with E-state index in [9.17, 15) is 14.0 Å². The van der Waals surface area contributed by atoms with Gasteiger partial charge < -0.3 is 14.6 Å². The van der Waals surface area contributed by atoms with Crippen LogP contribution in [0.15, 0.2) is 41.0 Å². The molecule has 1 aliphatic rings. The molecule has 126 valence electrons. The summed E-state index contributed by atoms with van der Waals surface area (Å²) >= 11 is 0. The van der Waals surface area contributed by atoms with Crippen LogP contribution in [0.5, 0.6) is 0 Å². The third-order valence-electron chi connectivity index (χ3n) is 4.20. The van der Waals surface area contributed by atoms with Crippen LogP contribution in [0.4, 0.5) is 4.39 Å².